The van der Waals surface area contributed by atoms with Crippen LogP contribution in [-0.4, -0.2) is 9.55 Å². The van der Waals surface area contributed by atoms with Crippen LogP contribution in [0.3, 0.4) is 0 Å². The van der Waals surface area contributed by atoms with E-state index in [9.17, 15) is 14.1 Å². The molecule has 0 amide bonds. The normalized spacial score (nSPS) is 10.7. The summed E-state index contributed by atoms with van der Waals surface area (Å²) < 4.78 is 14.8. The van der Waals surface area contributed by atoms with E-state index in [1.807, 2.05) is 0 Å². The van der Waals surface area contributed by atoms with Gasteiger partial charge in [0.1, 0.15) is 11.4 Å². The lowest BCUT2D eigenvalue weighted by atomic mass is 10.1. The molecule has 5 nitrogen and oxygen atoms in total. The van der Waals surface area contributed by atoms with Gasteiger partial charge in [-0.1, -0.05) is 6.07 Å². The van der Waals surface area contributed by atoms with Gasteiger partial charge in [-0.15, -0.1) is 4.91 Å². The zero-order valence-electron chi connectivity index (χ0n) is 10.2. The van der Waals surface area contributed by atoms with Crippen molar-refractivity contribution in [2.45, 2.75) is 0 Å². The van der Waals surface area contributed by atoms with E-state index in [-0.39, 0.29) is 11.4 Å². The Hall–Kier alpha value is -2.89. The summed E-state index contributed by atoms with van der Waals surface area (Å²) in [7, 11) is 0. The first-order chi connectivity index (χ1) is 9.72. The van der Waals surface area contributed by atoms with Gasteiger partial charge in [-0.25, -0.2) is 4.98 Å². The SMILES string of the molecule is O=Nc1cccc2c(=O)n(-c3cccnc3F)ccc12. The van der Waals surface area contributed by atoms with Crippen LogP contribution in [0.5, 0.6) is 0 Å². The average molecular weight is 269 g/mol. The van der Waals surface area contributed by atoms with Crippen molar-refractivity contribution >= 4 is 16.5 Å². The van der Waals surface area contributed by atoms with Crippen molar-refractivity contribution in [1.82, 2.24) is 9.55 Å². The van der Waals surface area contributed by atoms with Crippen molar-refractivity contribution in [3.05, 3.63) is 70.0 Å². The molecule has 0 saturated carbocycles. The molecule has 20 heavy (non-hydrogen) atoms. The highest BCUT2D eigenvalue weighted by Crippen LogP contribution is 2.23. The number of hydrogen-bond acceptors (Lipinski definition) is 4. The third kappa shape index (κ3) is 1.78. The van der Waals surface area contributed by atoms with E-state index in [1.165, 1.54) is 24.5 Å². The number of pyridine rings is 2. The quantitative estimate of drug-likeness (QED) is 0.530. The highest BCUT2D eigenvalue weighted by Gasteiger charge is 2.11. The predicted molar refractivity (Wildman–Crippen MR) is 72.8 cm³/mol. The minimum Gasteiger partial charge on any atom is -0.279 e. The lowest BCUT2D eigenvalue weighted by molar-refractivity contribution is 0.573. The Morgan fingerprint density at radius 1 is 1.10 bits per heavy atom. The molecule has 3 rings (SSSR count). The van der Waals surface area contributed by atoms with E-state index in [4.69, 9.17) is 0 Å². The molecule has 0 N–H and O–H groups in total. The van der Waals surface area contributed by atoms with Crippen molar-refractivity contribution in [2.75, 3.05) is 0 Å². The van der Waals surface area contributed by atoms with Gasteiger partial charge in [0.25, 0.3) is 5.56 Å². The van der Waals surface area contributed by atoms with Crippen LogP contribution < -0.4 is 5.56 Å². The van der Waals surface area contributed by atoms with Gasteiger partial charge < -0.3 is 0 Å². The van der Waals surface area contributed by atoms with Gasteiger partial charge in [0.15, 0.2) is 0 Å². The Morgan fingerprint density at radius 2 is 1.95 bits per heavy atom. The largest absolute Gasteiger partial charge is 0.279 e. The Morgan fingerprint density at radius 3 is 2.70 bits per heavy atom. The Balaban J connectivity index is 2.36. The second kappa shape index (κ2) is 4.65. The summed E-state index contributed by atoms with van der Waals surface area (Å²) in [4.78, 5) is 26.6. The Labute approximate surface area is 112 Å². The van der Waals surface area contributed by atoms with Crippen LogP contribution in [0.25, 0.3) is 16.5 Å². The molecule has 0 aliphatic rings. The van der Waals surface area contributed by atoms with Crippen LogP contribution in [0.4, 0.5) is 10.1 Å². The van der Waals surface area contributed by atoms with Gasteiger partial charge in [0, 0.05) is 23.2 Å². The van der Waals surface area contributed by atoms with Crippen LogP contribution in [0.1, 0.15) is 0 Å². The van der Waals surface area contributed by atoms with Gasteiger partial charge in [-0.2, -0.15) is 4.39 Å². The lowest BCUT2D eigenvalue weighted by Gasteiger charge is -2.07. The maximum Gasteiger partial charge on any atom is 0.263 e. The molecule has 6 heteroatoms. The first kappa shape index (κ1) is 12.2. The number of benzene rings is 1. The molecule has 1 aromatic carbocycles. The lowest BCUT2D eigenvalue weighted by Crippen LogP contribution is -2.18. The summed E-state index contributed by atoms with van der Waals surface area (Å²) in [5.41, 5.74) is -0.192. The monoisotopic (exact) mass is 269 g/mol. The van der Waals surface area contributed by atoms with E-state index >= 15 is 0 Å². The fourth-order valence-corrected chi connectivity index (χ4v) is 2.09. The van der Waals surface area contributed by atoms with Crippen molar-refractivity contribution in [2.24, 2.45) is 5.18 Å². The standard InChI is InChI=1S/C14H8FN3O2/c15-13-12(5-2-7-16-13)18-8-6-9-10(14(18)19)3-1-4-11(9)17-20/h1-8H. The second-order valence-electron chi connectivity index (χ2n) is 4.13. The maximum atomic E-state index is 13.7. The van der Waals surface area contributed by atoms with E-state index < -0.39 is 11.5 Å². The molecule has 0 bridgehead atoms. The van der Waals surface area contributed by atoms with Crippen LogP contribution >= 0.6 is 0 Å². The maximum absolute atomic E-state index is 13.7. The number of fused-ring (bicyclic) bond motifs is 1. The number of hydrogen-bond donors (Lipinski definition) is 0. The molecule has 0 aliphatic heterocycles. The summed E-state index contributed by atoms with van der Waals surface area (Å²) >= 11 is 0. The topological polar surface area (TPSA) is 64.3 Å². The van der Waals surface area contributed by atoms with Gasteiger partial charge in [0.05, 0.1) is 0 Å². The molecule has 0 unspecified atom stereocenters. The molecular formula is C14H8FN3O2. The highest BCUT2D eigenvalue weighted by molar-refractivity contribution is 5.91. The number of aromatic nitrogens is 2. The van der Waals surface area contributed by atoms with Gasteiger partial charge in [-0.05, 0) is 35.5 Å². The fraction of sp³-hybridized carbons (Fsp3) is 0. The second-order valence-corrected chi connectivity index (χ2v) is 4.13. The number of nitrogens with zero attached hydrogens (tertiary/aromatic N) is 3. The summed E-state index contributed by atoms with van der Waals surface area (Å²) in [6.07, 6.45) is 2.71. The molecule has 0 radical (unpaired) electrons. The minimum absolute atomic E-state index is 0.0591. The van der Waals surface area contributed by atoms with Crippen molar-refractivity contribution in [3.8, 4) is 5.69 Å². The number of nitroso groups, excluding NO2 is 1. The molecular weight excluding hydrogens is 261 g/mol. The summed E-state index contributed by atoms with van der Waals surface area (Å²) in [5.74, 6) is -0.737. The summed E-state index contributed by atoms with van der Waals surface area (Å²) in [6.45, 7) is 0. The first-order valence-corrected chi connectivity index (χ1v) is 5.81. The van der Waals surface area contributed by atoms with E-state index in [2.05, 4.69) is 10.2 Å². The van der Waals surface area contributed by atoms with E-state index in [0.717, 1.165) is 4.57 Å². The van der Waals surface area contributed by atoms with Crippen LogP contribution in [0.15, 0.2) is 58.8 Å². The van der Waals surface area contributed by atoms with Crippen LogP contribution in [0.2, 0.25) is 0 Å². The summed E-state index contributed by atoms with van der Waals surface area (Å²) in [6, 6.07) is 9.20. The third-order valence-corrected chi connectivity index (χ3v) is 3.02. The van der Waals surface area contributed by atoms with Crippen LogP contribution in [-0.2, 0) is 0 Å². The van der Waals surface area contributed by atoms with E-state index in [1.54, 1.807) is 24.3 Å². The first-order valence-electron chi connectivity index (χ1n) is 5.81. The zero-order chi connectivity index (χ0) is 14.1. The smallest absolute Gasteiger partial charge is 0.263 e. The molecule has 0 spiro atoms. The fourth-order valence-electron chi connectivity index (χ4n) is 2.09. The molecule has 0 saturated heterocycles. The molecule has 98 valence electrons. The van der Waals surface area contributed by atoms with Crippen molar-refractivity contribution in [3.63, 3.8) is 0 Å². The zero-order valence-corrected chi connectivity index (χ0v) is 10.2. The minimum atomic E-state index is -0.737. The highest BCUT2D eigenvalue weighted by atomic mass is 19.1. The number of rotatable bonds is 2. The van der Waals surface area contributed by atoms with Gasteiger partial charge >= 0.3 is 0 Å². The summed E-state index contributed by atoms with van der Waals surface area (Å²) in [5, 5.41) is 3.61. The molecule has 2 aromatic heterocycles. The molecule has 2 heterocycles. The number of halogens is 1. The van der Waals surface area contributed by atoms with Crippen molar-refractivity contribution in [1.29, 1.82) is 0 Å². The third-order valence-electron chi connectivity index (χ3n) is 3.02. The van der Waals surface area contributed by atoms with Gasteiger partial charge in [0.2, 0.25) is 5.95 Å². The molecule has 0 atom stereocenters. The Bertz CT molecular complexity index is 874. The van der Waals surface area contributed by atoms with E-state index in [0.29, 0.717) is 10.8 Å². The van der Waals surface area contributed by atoms with Crippen molar-refractivity contribution < 1.29 is 4.39 Å². The molecule has 0 fully saturated rings. The molecule has 0 aliphatic carbocycles. The Kier molecular flexibility index (Phi) is 2.83. The predicted octanol–water partition coefficient (Wildman–Crippen LogP) is 2.92. The van der Waals surface area contributed by atoms with Gasteiger partial charge in [-0.3, -0.25) is 9.36 Å². The average Bonchev–Trinajstić information content (AvgIpc) is 2.48. The van der Waals surface area contributed by atoms with Crippen LogP contribution in [0, 0.1) is 10.9 Å². The molecule has 3 aromatic rings.